The summed E-state index contributed by atoms with van der Waals surface area (Å²) in [4.78, 5) is 25.7. The maximum absolute atomic E-state index is 13.8. The smallest absolute Gasteiger partial charge is 0.258 e. The summed E-state index contributed by atoms with van der Waals surface area (Å²) in [6, 6.07) is 8.75. The third-order valence-electron chi connectivity index (χ3n) is 7.30. The summed E-state index contributed by atoms with van der Waals surface area (Å²) in [6.07, 6.45) is 1.41. The number of aromatic nitrogens is 2. The Bertz CT molecular complexity index is 1550. The SMILES string of the molecule is CC1(C)CN(S(=O)(=O)c2cc(F)cc(F)c2)Cc2c(NC(=O)c3ccccc3NC(=O)C3CCNCC3)n[nH]c21. The number of sulfonamides is 1. The Balaban J connectivity index is 1.40. The van der Waals surface area contributed by atoms with Crippen molar-refractivity contribution in [3.05, 3.63) is 70.9 Å². The molecule has 0 aliphatic carbocycles. The van der Waals surface area contributed by atoms with Gasteiger partial charge >= 0.3 is 0 Å². The normalized spacial score (nSPS) is 17.7. The molecular formula is C27H30F2N6O4S. The fourth-order valence-electron chi connectivity index (χ4n) is 5.21. The van der Waals surface area contributed by atoms with Gasteiger partial charge in [-0.15, -0.1) is 0 Å². The number of carbonyl (C=O) groups is 2. The van der Waals surface area contributed by atoms with E-state index in [4.69, 9.17) is 0 Å². The van der Waals surface area contributed by atoms with Gasteiger partial charge in [-0.1, -0.05) is 26.0 Å². The zero-order valence-corrected chi connectivity index (χ0v) is 22.9. The van der Waals surface area contributed by atoms with Crippen LogP contribution in [-0.4, -0.2) is 54.4 Å². The second kappa shape index (κ2) is 10.7. The lowest BCUT2D eigenvalue weighted by molar-refractivity contribution is -0.120. The predicted octanol–water partition coefficient (Wildman–Crippen LogP) is 3.36. The highest BCUT2D eigenvalue weighted by Crippen LogP contribution is 2.38. The van der Waals surface area contributed by atoms with Crippen molar-refractivity contribution in [1.82, 2.24) is 19.8 Å². The van der Waals surface area contributed by atoms with E-state index in [9.17, 15) is 26.8 Å². The van der Waals surface area contributed by atoms with E-state index in [1.807, 2.05) is 0 Å². The number of amides is 2. The maximum atomic E-state index is 13.8. The quantitative estimate of drug-likeness (QED) is 0.358. The van der Waals surface area contributed by atoms with E-state index < -0.39 is 37.9 Å². The molecule has 0 spiro atoms. The summed E-state index contributed by atoms with van der Waals surface area (Å²) in [6.45, 7) is 4.94. The number of nitrogens with one attached hydrogen (secondary N) is 4. The summed E-state index contributed by atoms with van der Waals surface area (Å²) in [5.41, 5.74) is 0.874. The molecule has 0 saturated carbocycles. The first-order valence-electron chi connectivity index (χ1n) is 12.9. The van der Waals surface area contributed by atoms with E-state index in [0.29, 0.717) is 35.9 Å². The molecule has 2 aliphatic rings. The van der Waals surface area contributed by atoms with Crippen LogP contribution in [0.5, 0.6) is 0 Å². The van der Waals surface area contributed by atoms with Crippen LogP contribution in [0.4, 0.5) is 20.3 Å². The summed E-state index contributed by atoms with van der Waals surface area (Å²) in [5.74, 6) is -2.73. The number of nitrogens with zero attached hydrogens (tertiary/aromatic N) is 2. The van der Waals surface area contributed by atoms with Crippen LogP contribution >= 0.6 is 0 Å². The van der Waals surface area contributed by atoms with Crippen LogP contribution in [0.3, 0.4) is 0 Å². The molecule has 13 heteroatoms. The first-order chi connectivity index (χ1) is 19.0. The van der Waals surface area contributed by atoms with Crippen molar-refractivity contribution < 1.29 is 26.8 Å². The Hall–Kier alpha value is -3.68. The first kappa shape index (κ1) is 27.9. The van der Waals surface area contributed by atoms with E-state index in [2.05, 4.69) is 26.1 Å². The first-order valence-corrected chi connectivity index (χ1v) is 14.4. The van der Waals surface area contributed by atoms with Crippen LogP contribution in [0.1, 0.15) is 48.3 Å². The minimum Gasteiger partial charge on any atom is -0.325 e. The molecule has 212 valence electrons. The number of halogens is 2. The number of piperidine rings is 1. The zero-order valence-electron chi connectivity index (χ0n) is 22.1. The van der Waals surface area contributed by atoms with E-state index in [1.54, 1.807) is 38.1 Å². The minimum atomic E-state index is -4.28. The summed E-state index contributed by atoms with van der Waals surface area (Å²) in [7, 11) is -4.28. The Morgan fingerprint density at radius 2 is 1.73 bits per heavy atom. The van der Waals surface area contributed by atoms with Gasteiger partial charge < -0.3 is 16.0 Å². The van der Waals surface area contributed by atoms with Gasteiger partial charge in [0.05, 0.1) is 16.1 Å². The highest BCUT2D eigenvalue weighted by atomic mass is 32.2. The standard InChI is InChI=1S/C27H30F2N6O4S/c1-27(2)15-35(40(38,39)19-12-17(28)11-18(29)13-19)14-21-23(27)33-34-24(21)32-26(37)20-5-3-4-6-22(20)31-25(36)16-7-9-30-10-8-16/h3-6,11-13,16,30H,7-10,14-15H2,1-2H3,(H,31,36)(H2,32,33,34,37). The van der Waals surface area contributed by atoms with Gasteiger partial charge in [0.15, 0.2) is 5.82 Å². The monoisotopic (exact) mass is 572 g/mol. The Labute approximate surface area is 230 Å². The number of carbonyl (C=O) groups excluding carboxylic acids is 2. The summed E-state index contributed by atoms with van der Waals surface area (Å²) in [5, 5.41) is 16.0. The van der Waals surface area contributed by atoms with Crippen LogP contribution < -0.4 is 16.0 Å². The molecular weight excluding hydrogens is 542 g/mol. The molecule has 0 unspecified atom stereocenters. The average molecular weight is 573 g/mol. The number of aromatic amines is 1. The fraction of sp³-hybridized carbons (Fsp3) is 0.370. The Morgan fingerprint density at radius 3 is 2.42 bits per heavy atom. The number of hydrogen-bond donors (Lipinski definition) is 4. The van der Waals surface area contributed by atoms with E-state index in [1.165, 1.54) is 0 Å². The van der Waals surface area contributed by atoms with Gasteiger partial charge in [-0.3, -0.25) is 14.7 Å². The van der Waals surface area contributed by atoms with Crippen LogP contribution in [0.25, 0.3) is 0 Å². The number of benzene rings is 2. The molecule has 0 atom stereocenters. The molecule has 4 N–H and O–H groups in total. The molecule has 5 rings (SSSR count). The van der Waals surface area contributed by atoms with Crippen molar-refractivity contribution in [2.45, 2.75) is 43.5 Å². The highest BCUT2D eigenvalue weighted by molar-refractivity contribution is 7.89. The molecule has 1 aromatic heterocycles. The van der Waals surface area contributed by atoms with Crippen molar-refractivity contribution >= 4 is 33.3 Å². The molecule has 3 aromatic rings. The van der Waals surface area contributed by atoms with Crippen molar-refractivity contribution in [2.24, 2.45) is 5.92 Å². The lowest BCUT2D eigenvalue weighted by atomic mass is 9.84. The van der Waals surface area contributed by atoms with Crippen molar-refractivity contribution in [3.63, 3.8) is 0 Å². The second-order valence-electron chi connectivity index (χ2n) is 10.7. The molecule has 2 aliphatic heterocycles. The number of para-hydroxylation sites is 1. The molecule has 40 heavy (non-hydrogen) atoms. The largest absolute Gasteiger partial charge is 0.325 e. The third kappa shape index (κ3) is 5.49. The number of anilines is 2. The summed E-state index contributed by atoms with van der Waals surface area (Å²) >= 11 is 0. The maximum Gasteiger partial charge on any atom is 0.258 e. The highest BCUT2D eigenvalue weighted by Gasteiger charge is 2.41. The van der Waals surface area contributed by atoms with Gasteiger partial charge in [0.1, 0.15) is 11.6 Å². The van der Waals surface area contributed by atoms with Gasteiger partial charge in [-0.2, -0.15) is 9.40 Å². The fourth-order valence-corrected chi connectivity index (χ4v) is 6.83. The summed E-state index contributed by atoms with van der Waals surface area (Å²) < 4.78 is 55.5. The number of H-pyrrole nitrogens is 1. The van der Waals surface area contributed by atoms with Gasteiger partial charge in [-0.25, -0.2) is 17.2 Å². The van der Waals surface area contributed by atoms with Crippen LogP contribution in [0, 0.1) is 17.6 Å². The molecule has 2 amide bonds. The zero-order chi connectivity index (χ0) is 28.7. The number of rotatable bonds is 6. The number of hydrogen-bond acceptors (Lipinski definition) is 6. The van der Waals surface area contributed by atoms with Gasteiger partial charge in [0.2, 0.25) is 15.9 Å². The number of fused-ring (bicyclic) bond motifs is 1. The Kier molecular flexibility index (Phi) is 7.46. The van der Waals surface area contributed by atoms with E-state index >= 15 is 0 Å². The van der Waals surface area contributed by atoms with Crippen LogP contribution in [0.15, 0.2) is 47.4 Å². The van der Waals surface area contributed by atoms with Crippen molar-refractivity contribution in [3.8, 4) is 0 Å². The van der Waals surface area contributed by atoms with Crippen LogP contribution in [0.2, 0.25) is 0 Å². The molecule has 10 nitrogen and oxygen atoms in total. The van der Waals surface area contributed by atoms with Gasteiger partial charge in [0, 0.05) is 41.7 Å². The molecule has 3 heterocycles. The van der Waals surface area contributed by atoms with Gasteiger partial charge in [-0.05, 0) is 50.2 Å². The van der Waals surface area contributed by atoms with E-state index in [0.717, 1.165) is 29.5 Å². The lowest BCUT2D eigenvalue weighted by Crippen LogP contribution is -2.45. The third-order valence-corrected chi connectivity index (χ3v) is 9.06. The molecule has 1 saturated heterocycles. The topological polar surface area (TPSA) is 136 Å². The van der Waals surface area contributed by atoms with Crippen molar-refractivity contribution in [2.75, 3.05) is 30.3 Å². The lowest BCUT2D eigenvalue weighted by Gasteiger charge is -2.36. The average Bonchev–Trinajstić information content (AvgIpc) is 3.32. The molecule has 0 radical (unpaired) electrons. The molecule has 1 fully saturated rings. The van der Waals surface area contributed by atoms with E-state index in [-0.39, 0.29) is 36.3 Å². The molecule has 2 aromatic carbocycles. The Morgan fingerprint density at radius 1 is 1.05 bits per heavy atom. The predicted molar refractivity (Wildman–Crippen MR) is 144 cm³/mol. The second-order valence-corrected chi connectivity index (χ2v) is 12.6. The minimum absolute atomic E-state index is 0.0155. The molecule has 0 bridgehead atoms. The van der Waals surface area contributed by atoms with Gasteiger partial charge in [0.25, 0.3) is 5.91 Å². The van der Waals surface area contributed by atoms with Crippen molar-refractivity contribution in [1.29, 1.82) is 0 Å². The van der Waals surface area contributed by atoms with Crippen LogP contribution in [-0.2, 0) is 26.8 Å².